The Labute approximate surface area is 147 Å². The number of rotatable bonds is 2. The zero-order chi connectivity index (χ0) is 17.7. The summed E-state index contributed by atoms with van der Waals surface area (Å²) in [5, 5.41) is 2.23. The average Bonchev–Trinajstić information content (AvgIpc) is 2.93. The second-order valence-corrected chi connectivity index (χ2v) is 7.21. The van der Waals surface area contributed by atoms with Gasteiger partial charge in [0.15, 0.2) is 11.8 Å². The zero-order valence-electron chi connectivity index (χ0n) is 15.4. The van der Waals surface area contributed by atoms with Gasteiger partial charge < -0.3 is 4.42 Å². The van der Waals surface area contributed by atoms with E-state index in [4.69, 9.17) is 4.42 Å². The topological polar surface area (TPSA) is 29.9 Å². The van der Waals surface area contributed by atoms with E-state index < -0.39 is 0 Å². The molecule has 0 bridgehead atoms. The lowest BCUT2D eigenvalue weighted by Crippen LogP contribution is -2.31. The molecule has 126 valence electrons. The predicted octanol–water partition coefficient (Wildman–Crippen LogP) is 5.21. The monoisotopic (exact) mass is 331 g/mol. The molecule has 25 heavy (non-hydrogen) atoms. The molecule has 3 nitrogen and oxygen atoms in total. The summed E-state index contributed by atoms with van der Waals surface area (Å²) in [7, 11) is 2.08. The Bertz CT molecular complexity index is 1110. The Balaban J connectivity index is 2.07. The van der Waals surface area contributed by atoms with Gasteiger partial charge in [-0.2, -0.15) is 0 Å². The van der Waals surface area contributed by atoms with E-state index in [1.807, 2.05) is 6.20 Å². The molecule has 4 rings (SSSR count). The van der Waals surface area contributed by atoms with Crippen molar-refractivity contribution in [1.29, 1.82) is 0 Å². The van der Waals surface area contributed by atoms with Crippen LogP contribution in [0.15, 0.2) is 47.1 Å². The number of hydrogen-bond donors (Lipinski definition) is 0. The quantitative estimate of drug-likeness (QED) is 0.472. The molecule has 1 aromatic carbocycles. The highest BCUT2D eigenvalue weighted by atomic mass is 16.3. The Hall–Kier alpha value is -2.68. The largest absolute Gasteiger partial charge is 0.437 e. The number of fused-ring (bicyclic) bond motifs is 3. The molecule has 0 aliphatic heterocycles. The van der Waals surface area contributed by atoms with Gasteiger partial charge >= 0.3 is 0 Å². The molecule has 3 heterocycles. The van der Waals surface area contributed by atoms with Gasteiger partial charge in [0.25, 0.3) is 0 Å². The van der Waals surface area contributed by atoms with Gasteiger partial charge in [0.05, 0.1) is 5.56 Å². The minimum atomic E-state index is 0.446. The van der Waals surface area contributed by atoms with Crippen LogP contribution < -0.4 is 4.57 Å². The van der Waals surface area contributed by atoms with Crippen LogP contribution in [-0.4, -0.2) is 4.98 Å². The maximum atomic E-state index is 6.21. The number of pyridine rings is 2. The highest BCUT2D eigenvalue weighted by molar-refractivity contribution is 6.08. The standard InChI is InChI=1S/C22H23N2O/c1-13(2)16-10-18-17-8-7-15(4)20(21(17)25-22(18)23-11-16)19-9-6-14(3)12-24(19)5/h6-13H,1-5H3/q+1. The Morgan fingerprint density at radius 3 is 2.56 bits per heavy atom. The molecule has 0 spiro atoms. The predicted molar refractivity (Wildman–Crippen MR) is 102 cm³/mol. The SMILES string of the molecule is Cc1ccc(-c2c(C)ccc3c2oc2ncc(C(C)C)cc23)[n+](C)c1. The molecule has 4 aromatic rings. The summed E-state index contributed by atoms with van der Waals surface area (Å²) in [6, 6.07) is 10.9. The van der Waals surface area contributed by atoms with E-state index in [0.717, 1.165) is 27.6 Å². The summed E-state index contributed by atoms with van der Waals surface area (Å²) in [5.41, 5.74) is 7.60. The molecule has 0 N–H and O–H groups in total. The molecule has 0 atom stereocenters. The van der Waals surface area contributed by atoms with Gasteiger partial charge in [0.2, 0.25) is 11.4 Å². The van der Waals surface area contributed by atoms with Gasteiger partial charge in [-0.25, -0.2) is 9.55 Å². The summed E-state index contributed by atoms with van der Waals surface area (Å²) < 4.78 is 8.38. The second-order valence-electron chi connectivity index (χ2n) is 7.21. The summed E-state index contributed by atoms with van der Waals surface area (Å²) in [5.74, 6) is 0.446. The lowest BCUT2D eigenvalue weighted by atomic mass is 9.99. The minimum Gasteiger partial charge on any atom is -0.437 e. The minimum absolute atomic E-state index is 0.446. The fraction of sp³-hybridized carbons (Fsp3) is 0.273. The zero-order valence-corrected chi connectivity index (χ0v) is 15.4. The van der Waals surface area contributed by atoms with Crippen LogP contribution in [0.5, 0.6) is 0 Å². The van der Waals surface area contributed by atoms with Crippen LogP contribution >= 0.6 is 0 Å². The van der Waals surface area contributed by atoms with E-state index in [0.29, 0.717) is 11.6 Å². The fourth-order valence-corrected chi connectivity index (χ4v) is 3.48. The van der Waals surface area contributed by atoms with Crippen molar-refractivity contribution in [3.05, 3.63) is 59.4 Å². The highest BCUT2D eigenvalue weighted by Gasteiger charge is 2.21. The average molecular weight is 331 g/mol. The highest BCUT2D eigenvalue weighted by Crippen LogP contribution is 2.36. The number of furan rings is 1. The third-order valence-corrected chi connectivity index (χ3v) is 4.93. The molecular formula is C22H23N2O+. The van der Waals surface area contributed by atoms with Gasteiger partial charge in [0.1, 0.15) is 7.05 Å². The fourth-order valence-electron chi connectivity index (χ4n) is 3.48. The first-order chi connectivity index (χ1) is 12.0. The van der Waals surface area contributed by atoms with E-state index in [1.54, 1.807) is 0 Å². The lowest BCUT2D eigenvalue weighted by molar-refractivity contribution is -0.660. The van der Waals surface area contributed by atoms with E-state index in [2.05, 4.69) is 80.8 Å². The Morgan fingerprint density at radius 2 is 1.84 bits per heavy atom. The van der Waals surface area contributed by atoms with Gasteiger partial charge in [-0.05, 0) is 43.0 Å². The summed E-state index contributed by atoms with van der Waals surface area (Å²) in [6.45, 7) is 8.62. The van der Waals surface area contributed by atoms with Crippen LogP contribution in [0, 0.1) is 13.8 Å². The maximum Gasteiger partial charge on any atom is 0.227 e. The number of aromatic nitrogens is 2. The van der Waals surface area contributed by atoms with E-state index in [1.165, 1.54) is 16.7 Å². The molecule has 3 heteroatoms. The molecule has 0 unspecified atom stereocenters. The third-order valence-electron chi connectivity index (χ3n) is 4.93. The number of hydrogen-bond acceptors (Lipinski definition) is 2. The van der Waals surface area contributed by atoms with E-state index in [9.17, 15) is 0 Å². The normalized spacial score (nSPS) is 11.8. The number of benzene rings is 1. The van der Waals surface area contributed by atoms with Gasteiger partial charge in [-0.1, -0.05) is 26.0 Å². The molecule has 3 aromatic heterocycles. The first-order valence-electron chi connectivity index (χ1n) is 8.74. The third kappa shape index (κ3) is 2.51. The van der Waals surface area contributed by atoms with Crippen molar-refractivity contribution in [2.24, 2.45) is 7.05 Å². The van der Waals surface area contributed by atoms with Crippen LogP contribution in [0.1, 0.15) is 36.5 Å². The van der Waals surface area contributed by atoms with Crippen molar-refractivity contribution in [1.82, 2.24) is 4.98 Å². The van der Waals surface area contributed by atoms with Crippen molar-refractivity contribution < 1.29 is 8.98 Å². The molecule has 0 radical (unpaired) electrons. The molecule has 0 saturated carbocycles. The lowest BCUT2D eigenvalue weighted by Gasteiger charge is -2.06. The van der Waals surface area contributed by atoms with Crippen LogP contribution in [0.4, 0.5) is 0 Å². The molecule has 0 saturated heterocycles. The molecular weight excluding hydrogens is 308 g/mol. The molecule has 0 amide bonds. The Morgan fingerprint density at radius 1 is 1.04 bits per heavy atom. The van der Waals surface area contributed by atoms with Crippen molar-refractivity contribution in [3.63, 3.8) is 0 Å². The van der Waals surface area contributed by atoms with Crippen molar-refractivity contribution in [2.45, 2.75) is 33.6 Å². The molecule has 0 aliphatic carbocycles. The molecule has 0 fully saturated rings. The van der Waals surface area contributed by atoms with Crippen molar-refractivity contribution in [3.8, 4) is 11.3 Å². The second kappa shape index (κ2) is 5.69. The summed E-state index contributed by atoms with van der Waals surface area (Å²) in [6.07, 6.45) is 4.07. The van der Waals surface area contributed by atoms with Crippen molar-refractivity contribution in [2.75, 3.05) is 0 Å². The smallest absolute Gasteiger partial charge is 0.227 e. The van der Waals surface area contributed by atoms with Crippen molar-refractivity contribution >= 4 is 22.1 Å². The Kier molecular flexibility index (Phi) is 3.60. The van der Waals surface area contributed by atoms with Gasteiger partial charge in [0, 0.05) is 28.6 Å². The van der Waals surface area contributed by atoms with Crippen LogP contribution in [0.3, 0.4) is 0 Å². The summed E-state index contributed by atoms with van der Waals surface area (Å²) >= 11 is 0. The number of aryl methyl sites for hydroxylation is 3. The van der Waals surface area contributed by atoms with E-state index >= 15 is 0 Å². The van der Waals surface area contributed by atoms with Crippen LogP contribution in [-0.2, 0) is 7.05 Å². The first kappa shape index (κ1) is 15.8. The number of nitrogens with zero attached hydrogens (tertiary/aromatic N) is 2. The van der Waals surface area contributed by atoms with Crippen LogP contribution in [0.2, 0.25) is 0 Å². The molecule has 0 aliphatic rings. The van der Waals surface area contributed by atoms with Gasteiger partial charge in [-0.15, -0.1) is 0 Å². The van der Waals surface area contributed by atoms with Gasteiger partial charge in [-0.3, -0.25) is 0 Å². The summed E-state index contributed by atoms with van der Waals surface area (Å²) in [4.78, 5) is 4.57. The first-order valence-corrected chi connectivity index (χ1v) is 8.74. The maximum absolute atomic E-state index is 6.21. The van der Waals surface area contributed by atoms with E-state index in [-0.39, 0.29) is 0 Å². The van der Waals surface area contributed by atoms with Crippen LogP contribution in [0.25, 0.3) is 33.3 Å².